The Morgan fingerprint density at radius 1 is 1.18 bits per heavy atom. The van der Waals surface area contributed by atoms with Crippen LogP contribution in [0.1, 0.15) is 5.56 Å². The van der Waals surface area contributed by atoms with Crippen molar-refractivity contribution in [3.8, 4) is 0 Å². The molecular formula is C12H14Cl2N2O. The highest BCUT2D eigenvalue weighted by molar-refractivity contribution is 6.42. The number of hydrogen-bond donors (Lipinski definition) is 0. The zero-order chi connectivity index (χ0) is 12.3. The summed E-state index contributed by atoms with van der Waals surface area (Å²) in [4.78, 5) is 14.7. The minimum atomic E-state index is 0.593. The van der Waals surface area contributed by atoms with Crippen LogP contribution in [-0.4, -0.2) is 42.4 Å². The maximum atomic E-state index is 10.6. The molecule has 92 valence electrons. The van der Waals surface area contributed by atoms with Gasteiger partial charge in [-0.3, -0.25) is 9.69 Å². The van der Waals surface area contributed by atoms with Crippen LogP contribution in [-0.2, 0) is 11.3 Å². The molecule has 1 aliphatic heterocycles. The van der Waals surface area contributed by atoms with E-state index in [0.29, 0.717) is 10.0 Å². The molecule has 0 N–H and O–H groups in total. The maximum Gasteiger partial charge on any atom is 0.209 e. The van der Waals surface area contributed by atoms with Gasteiger partial charge in [0.15, 0.2) is 0 Å². The predicted octanol–water partition coefficient (Wildman–Crippen LogP) is 2.27. The van der Waals surface area contributed by atoms with Crippen molar-refractivity contribution >= 4 is 29.6 Å². The van der Waals surface area contributed by atoms with Crippen LogP contribution >= 0.6 is 23.2 Å². The maximum absolute atomic E-state index is 10.6. The first kappa shape index (κ1) is 12.7. The van der Waals surface area contributed by atoms with Gasteiger partial charge in [-0.1, -0.05) is 35.3 Å². The topological polar surface area (TPSA) is 23.6 Å². The largest absolute Gasteiger partial charge is 0.343 e. The van der Waals surface area contributed by atoms with Crippen LogP contribution in [0.15, 0.2) is 18.2 Å². The Bertz CT molecular complexity index is 403. The summed E-state index contributed by atoms with van der Waals surface area (Å²) in [6.45, 7) is 4.10. The summed E-state index contributed by atoms with van der Waals surface area (Å²) in [6.07, 6.45) is 0.906. The van der Waals surface area contributed by atoms with Gasteiger partial charge in [-0.2, -0.15) is 0 Å². The highest BCUT2D eigenvalue weighted by Gasteiger charge is 2.16. The molecule has 5 heteroatoms. The van der Waals surface area contributed by atoms with Crippen LogP contribution in [0.4, 0.5) is 0 Å². The third-order valence-electron chi connectivity index (χ3n) is 2.98. The molecule has 0 aliphatic carbocycles. The molecule has 0 atom stereocenters. The van der Waals surface area contributed by atoms with Crippen LogP contribution in [0, 0.1) is 0 Å². The van der Waals surface area contributed by atoms with E-state index in [1.807, 2.05) is 12.1 Å². The van der Waals surface area contributed by atoms with E-state index < -0.39 is 0 Å². The third kappa shape index (κ3) is 3.12. The van der Waals surface area contributed by atoms with Crippen LogP contribution in [0.3, 0.4) is 0 Å². The zero-order valence-corrected chi connectivity index (χ0v) is 10.9. The summed E-state index contributed by atoms with van der Waals surface area (Å²) in [5.41, 5.74) is 1.04. The van der Waals surface area contributed by atoms with Gasteiger partial charge in [0.25, 0.3) is 0 Å². The Morgan fingerprint density at radius 2 is 1.88 bits per heavy atom. The van der Waals surface area contributed by atoms with Gasteiger partial charge in [-0.05, 0) is 11.6 Å². The number of piperazine rings is 1. The monoisotopic (exact) mass is 272 g/mol. The minimum Gasteiger partial charge on any atom is -0.343 e. The fourth-order valence-corrected chi connectivity index (χ4v) is 2.32. The number of halogens is 2. The Balaban J connectivity index is 1.98. The summed E-state index contributed by atoms with van der Waals surface area (Å²) in [7, 11) is 0. The van der Waals surface area contributed by atoms with Gasteiger partial charge in [-0.25, -0.2) is 0 Å². The summed E-state index contributed by atoms with van der Waals surface area (Å²) in [5, 5.41) is 1.22. The van der Waals surface area contributed by atoms with E-state index in [9.17, 15) is 4.79 Å². The molecule has 0 bridgehead atoms. The van der Waals surface area contributed by atoms with Crippen molar-refractivity contribution in [1.29, 1.82) is 0 Å². The average Bonchev–Trinajstić information content (AvgIpc) is 2.36. The number of amides is 1. The number of nitrogens with zero attached hydrogens (tertiary/aromatic N) is 2. The predicted molar refractivity (Wildman–Crippen MR) is 69.4 cm³/mol. The standard InChI is InChI=1S/C12H14Cl2N2O/c13-11-3-1-2-10(12(11)14)8-15-4-6-16(9-17)7-5-15/h1-3,9H,4-8H2. The molecule has 1 amide bonds. The van der Waals surface area contributed by atoms with E-state index in [1.54, 1.807) is 11.0 Å². The zero-order valence-electron chi connectivity index (χ0n) is 9.40. The smallest absolute Gasteiger partial charge is 0.209 e. The van der Waals surface area contributed by atoms with Crippen LogP contribution in [0.25, 0.3) is 0 Å². The van der Waals surface area contributed by atoms with Crippen molar-refractivity contribution in [3.63, 3.8) is 0 Å². The molecular weight excluding hydrogens is 259 g/mol. The number of hydrogen-bond acceptors (Lipinski definition) is 2. The lowest BCUT2D eigenvalue weighted by Crippen LogP contribution is -2.45. The van der Waals surface area contributed by atoms with Crippen molar-refractivity contribution in [3.05, 3.63) is 33.8 Å². The van der Waals surface area contributed by atoms with Crippen molar-refractivity contribution < 1.29 is 4.79 Å². The van der Waals surface area contributed by atoms with Gasteiger partial charge >= 0.3 is 0 Å². The fraction of sp³-hybridized carbons (Fsp3) is 0.417. The van der Waals surface area contributed by atoms with Crippen molar-refractivity contribution in [2.45, 2.75) is 6.54 Å². The molecule has 0 radical (unpaired) electrons. The van der Waals surface area contributed by atoms with Gasteiger partial charge in [0.05, 0.1) is 10.0 Å². The number of carbonyl (C=O) groups is 1. The molecule has 0 aromatic heterocycles. The second kappa shape index (κ2) is 5.71. The number of benzene rings is 1. The molecule has 1 aliphatic rings. The molecule has 1 fully saturated rings. The van der Waals surface area contributed by atoms with Crippen molar-refractivity contribution in [2.75, 3.05) is 26.2 Å². The fourth-order valence-electron chi connectivity index (χ4n) is 1.94. The molecule has 0 unspecified atom stereocenters. The van der Waals surface area contributed by atoms with Crippen LogP contribution in [0.5, 0.6) is 0 Å². The Labute approximate surface area is 111 Å². The van der Waals surface area contributed by atoms with Crippen molar-refractivity contribution in [2.24, 2.45) is 0 Å². The summed E-state index contributed by atoms with van der Waals surface area (Å²) in [6, 6.07) is 5.68. The quantitative estimate of drug-likeness (QED) is 0.789. The summed E-state index contributed by atoms with van der Waals surface area (Å²) in [5.74, 6) is 0. The molecule has 1 aromatic carbocycles. The molecule has 1 aromatic rings. The van der Waals surface area contributed by atoms with Crippen LogP contribution < -0.4 is 0 Å². The molecule has 0 spiro atoms. The van der Waals surface area contributed by atoms with E-state index in [0.717, 1.165) is 44.7 Å². The van der Waals surface area contributed by atoms with E-state index in [4.69, 9.17) is 23.2 Å². The van der Waals surface area contributed by atoms with E-state index in [2.05, 4.69) is 4.90 Å². The molecule has 3 nitrogen and oxygen atoms in total. The lowest BCUT2D eigenvalue weighted by molar-refractivity contribution is -0.119. The minimum absolute atomic E-state index is 0.593. The Morgan fingerprint density at radius 3 is 2.53 bits per heavy atom. The molecule has 1 heterocycles. The summed E-state index contributed by atoms with van der Waals surface area (Å²) >= 11 is 12.1. The molecule has 0 saturated carbocycles. The third-order valence-corrected chi connectivity index (χ3v) is 3.84. The first-order chi connectivity index (χ1) is 8.20. The van der Waals surface area contributed by atoms with E-state index in [1.165, 1.54) is 0 Å². The highest BCUT2D eigenvalue weighted by Crippen LogP contribution is 2.26. The second-order valence-electron chi connectivity index (χ2n) is 4.13. The van der Waals surface area contributed by atoms with Gasteiger partial charge < -0.3 is 4.90 Å². The SMILES string of the molecule is O=CN1CCN(Cc2cccc(Cl)c2Cl)CC1. The number of rotatable bonds is 3. The van der Waals surface area contributed by atoms with Crippen LogP contribution in [0.2, 0.25) is 10.0 Å². The van der Waals surface area contributed by atoms with Gasteiger partial charge in [0.1, 0.15) is 0 Å². The average molecular weight is 273 g/mol. The van der Waals surface area contributed by atoms with Crippen molar-refractivity contribution in [1.82, 2.24) is 9.80 Å². The Kier molecular flexibility index (Phi) is 4.26. The highest BCUT2D eigenvalue weighted by atomic mass is 35.5. The van der Waals surface area contributed by atoms with E-state index >= 15 is 0 Å². The lowest BCUT2D eigenvalue weighted by Gasteiger charge is -2.32. The normalized spacial score (nSPS) is 17.2. The lowest BCUT2D eigenvalue weighted by atomic mass is 10.2. The summed E-state index contributed by atoms with van der Waals surface area (Å²) < 4.78 is 0. The Hall–Kier alpha value is -0.770. The van der Waals surface area contributed by atoms with Gasteiger partial charge in [0, 0.05) is 32.7 Å². The van der Waals surface area contributed by atoms with Gasteiger partial charge in [-0.15, -0.1) is 0 Å². The first-order valence-corrected chi connectivity index (χ1v) is 6.31. The second-order valence-corrected chi connectivity index (χ2v) is 4.92. The first-order valence-electron chi connectivity index (χ1n) is 5.55. The van der Waals surface area contributed by atoms with Gasteiger partial charge in [0.2, 0.25) is 6.41 Å². The van der Waals surface area contributed by atoms with E-state index in [-0.39, 0.29) is 0 Å². The molecule has 2 rings (SSSR count). The number of carbonyl (C=O) groups excluding carboxylic acids is 1. The molecule has 1 saturated heterocycles. The molecule has 17 heavy (non-hydrogen) atoms.